The average Bonchev–Trinajstić information content (AvgIpc) is 2.77. The number of fused-ring (bicyclic) bond motifs is 2. The lowest BCUT2D eigenvalue weighted by molar-refractivity contribution is 0.486. The van der Waals surface area contributed by atoms with E-state index in [0.29, 0.717) is 0 Å². The lowest BCUT2D eigenvalue weighted by Gasteiger charge is -2.18. The van der Waals surface area contributed by atoms with Gasteiger partial charge >= 0.3 is 0 Å². The van der Waals surface area contributed by atoms with Crippen LogP contribution in [0.2, 0.25) is 0 Å². The van der Waals surface area contributed by atoms with Crippen LogP contribution in [0.25, 0.3) is 21.5 Å². The van der Waals surface area contributed by atoms with Gasteiger partial charge in [-0.1, -0.05) is 71.8 Å². The zero-order valence-corrected chi connectivity index (χ0v) is 17.1. The maximum atomic E-state index is 6.45. The molecule has 0 saturated heterocycles. The molecule has 0 aliphatic rings. The van der Waals surface area contributed by atoms with Gasteiger partial charge in [-0.25, -0.2) is 0 Å². The van der Waals surface area contributed by atoms with Crippen molar-refractivity contribution in [3.63, 3.8) is 0 Å². The van der Waals surface area contributed by atoms with Crippen molar-refractivity contribution < 1.29 is 9.47 Å². The van der Waals surface area contributed by atoms with E-state index in [1.165, 1.54) is 11.1 Å². The average molecular weight is 390 g/mol. The van der Waals surface area contributed by atoms with Crippen LogP contribution in [0.15, 0.2) is 97.1 Å². The van der Waals surface area contributed by atoms with Crippen LogP contribution in [-0.4, -0.2) is 0 Å². The van der Waals surface area contributed by atoms with E-state index >= 15 is 0 Å². The summed E-state index contributed by atoms with van der Waals surface area (Å²) in [4.78, 5) is 0. The molecule has 0 aromatic heterocycles. The highest BCUT2D eigenvalue weighted by atomic mass is 16.5. The summed E-state index contributed by atoms with van der Waals surface area (Å²) in [5.41, 5.74) is 2.36. The zero-order chi connectivity index (χ0) is 20.5. The smallest absolute Gasteiger partial charge is 0.143 e. The van der Waals surface area contributed by atoms with Crippen LogP contribution in [0.4, 0.5) is 0 Å². The summed E-state index contributed by atoms with van der Waals surface area (Å²) in [7, 11) is 0. The van der Waals surface area contributed by atoms with Crippen LogP contribution < -0.4 is 9.47 Å². The standard InChI is InChI=1S/C28H22O2/c1-19-13-15-23-25(17-19)27(29-21-9-5-3-6-10-21)24-16-14-20(2)18-26(24)28(23)30-22-11-7-4-8-12-22/h3-18H,1-2H3. The third-order valence-electron chi connectivity index (χ3n) is 5.25. The largest absolute Gasteiger partial charge is 0.456 e. The first-order chi connectivity index (χ1) is 14.7. The molecule has 30 heavy (non-hydrogen) atoms. The molecule has 0 saturated carbocycles. The highest BCUT2D eigenvalue weighted by Gasteiger charge is 2.18. The van der Waals surface area contributed by atoms with Crippen molar-refractivity contribution in [1.29, 1.82) is 0 Å². The number of hydrogen-bond donors (Lipinski definition) is 0. The number of para-hydroxylation sites is 2. The van der Waals surface area contributed by atoms with Gasteiger partial charge in [-0.2, -0.15) is 0 Å². The van der Waals surface area contributed by atoms with E-state index in [1.54, 1.807) is 0 Å². The van der Waals surface area contributed by atoms with Gasteiger partial charge in [0.2, 0.25) is 0 Å². The summed E-state index contributed by atoms with van der Waals surface area (Å²) < 4.78 is 12.9. The molecule has 0 unspecified atom stereocenters. The first-order valence-corrected chi connectivity index (χ1v) is 10.1. The second kappa shape index (κ2) is 7.57. The molecule has 0 N–H and O–H groups in total. The van der Waals surface area contributed by atoms with E-state index in [-0.39, 0.29) is 0 Å². The summed E-state index contributed by atoms with van der Waals surface area (Å²) in [6.45, 7) is 4.20. The first kappa shape index (κ1) is 18.3. The number of hydrogen-bond acceptors (Lipinski definition) is 2. The first-order valence-electron chi connectivity index (χ1n) is 10.1. The van der Waals surface area contributed by atoms with Gasteiger partial charge in [-0.05, 0) is 50.2 Å². The van der Waals surface area contributed by atoms with Crippen LogP contribution in [0.5, 0.6) is 23.0 Å². The van der Waals surface area contributed by atoms with E-state index in [1.807, 2.05) is 60.7 Å². The van der Waals surface area contributed by atoms with E-state index in [0.717, 1.165) is 44.5 Å². The molecule has 2 heteroatoms. The van der Waals surface area contributed by atoms with Gasteiger partial charge in [0.05, 0.1) is 0 Å². The zero-order valence-electron chi connectivity index (χ0n) is 17.1. The fourth-order valence-corrected chi connectivity index (χ4v) is 3.81. The van der Waals surface area contributed by atoms with Gasteiger partial charge in [0.15, 0.2) is 0 Å². The third kappa shape index (κ3) is 3.37. The van der Waals surface area contributed by atoms with Gasteiger partial charge in [0.1, 0.15) is 23.0 Å². The third-order valence-corrected chi connectivity index (χ3v) is 5.25. The molecule has 2 nitrogen and oxygen atoms in total. The molecule has 0 fully saturated rings. The van der Waals surface area contributed by atoms with Crippen molar-refractivity contribution in [3.8, 4) is 23.0 Å². The fourth-order valence-electron chi connectivity index (χ4n) is 3.81. The minimum absolute atomic E-state index is 0.818. The van der Waals surface area contributed by atoms with Crippen molar-refractivity contribution in [1.82, 2.24) is 0 Å². The van der Waals surface area contributed by atoms with Crippen molar-refractivity contribution in [3.05, 3.63) is 108 Å². The van der Waals surface area contributed by atoms with Gasteiger partial charge in [-0.3, -0.25) is 0 Å². The monoisotopic (exact) mass is 390 g/mol. The van der Waals surface area contributed by atoms with Crippen molar-refractivity contribution in [2.75, 3.05) is 0 Å². The van der Waals surface area contributed by atoms with Crippen molar-refractivity contribution in [2.24, 2.45) is 0 Å². The molecule has 0 atom stereocenters. The van der Waals surface area contributed by atoms with E-state index in [4.69, 9.17) is 9.47 Å². The second-order valence-electron chi connectivity index (χ2n) is 7.59. The molecule has 5 aromatic rings. The Hall–Kier alpha value is -3.78. The fraction of sp³-hybridized carbons (Fsp3) is 0.0714. The molecule has 146 valence electrons. The van der Waals surface area contributed by atoms with Crippen molar-refractivity contribution >= 4 is 21.5 Å². The topological polar surface area (TPSA) is 18.5 Å². The Kier molecular flexibility index (Phi) is 4.61. The lowest BCUT2D eigenvalue weighted by atomic mass is 9.97. The van der Waals surface area contributed by atoms with Gasteiger partial charge in [0, 0.05) is 21.5 Å². The quantitative estimate of drug-likeness (QED) is 0.288. The maximum Gasteiger partial charge on any atom is 0.143 e. The summed E-state index contributed by atoms with van der Waals surface area (Å²) >= 11 is 0. The number of ether oxygens (including phenoxy) is 2. The number of aryl methyl sites for hydroxylation is 2. The Labute approximate surface area is 176 Å². The predicted molar refractivity (Wildman–Crippen MR) is 124 cm³/mol. The molecule has 0 aliphatic heterocycles. The molecule has 0 heterocycles. The Balaban J connectivity index is 1.83. The predicted octanol–water partition coefficient (Wildman–Crippen LogP) is 8.19. The van der Waals surface area contributed by atoms with Crippen LogP contribution in [-0.2, 0) is 0 Å². The molecule has 5 rings (SSSR count). The Morgan fingerprint density at radius 1 is 0.433 bits per heavy atom. The second-order valence-corrected chi connectivity index (χ2v) is 7.59. The van der Waals surface area contributed by atoms with Crippen LogP contribution >= 0.6 is 0 Å². The molecule has 0 bridgehead atoms. The van der Waals surface area contributed by atoms with E-state index < -0.39 is 0 Å². The van der Waals surface area contributed by atoms with E-state index in [9.17, 15) is 0 Å². The molecule has 0 aliphatic carbocycles. The van der Waals surface area contributed by atoms with Crippen LogP contribution in [0.3, 0.4) is 0 Å². The summed E-state index contributed by atoms with van der Waals surface area (Å²) in [6, 6.07) is 32.7. The van der Waals surface area contributed by atoms with Gasteiger partial charge in [0.25, 0.3) is 0 Å². The van der Waals surface area contributed by atoms with Gasteiger partial charge < -0.3 is 9.47 Å². The molecular weight excluding hydrogens is 368 g/mol. The van der Waals surface area contributed by atoms with Gasteiger partial charge in [-0.15, -0.1) is 0 Å². The summed E-state index contributed by atoms with van der Waals surface area (Å²) in [5.74, 6) is 3.35. The molecule has 0 spiro atoms. The SMILES string of the molecule is Cc1ccc2c(Oc3ccccc3)c3cc(C)ccc3c(Oc3ccccc3)c2c1. The molecular formula is C28H22O2. The number of benzene rings is 5. The van der Waals surface area contributed by atoms with Crippen LogP contribution in [0, 0.1) is 13.8 Å². The molecule has 0 radical (unpaired) electrons. The Morgan fingerprint density at radius 2 is 0.833 bits per heavy atom. The van der Waals surface area contributed by atoms with Crippen LogP contribution in [0.1, 0.15) is 11.1 Å². The van der Waals surface area contributed by atoms with E-state index in [2.05, 4.69) is 50.2 Å². The normalized spacial score (nSPS) is 11.0. The van der Waals surface area contributed by atoms with Crippen molar-refractivity contribution in [2.45, 2.75) is 13.8 Å². The minimum Gasteiger partial charge on any atom is -0.456 e. The molecule has 5 aromatic carbocycles. The maximum absolute atomic E-state index is 6.45. The highest BCUT2D eigenvalue weighted by Crippen LogP contribution is 2.46. The summed E-state index contributed by atoms with van der Waals surface area (Å²) in [5, 5.41) is 4.16. The lowest BCUT2D eigenvalue weighted by Crippen LogP contribution is -1.94. The Bertz CT molecular complexity index is 1230. The summed E-state index contributed by atoms with van der Waals surface area (Å²) in [6.07, 6.45) is 0. The Morgan fingerprint density at radius 3 is 1.23 bits per heavy atom. The number of rotatable bonds is 4. The minimum atomic E-state index is 0.818. The molecule has 0 amide bonds. The highest BCUT2D eigenvalue weighted by molar-refractivity contribution is 6.11.